The lowest BCUT2D eigenvalue weighted by atomic mass is 9.49. The van der Waals surface area contributed by atoms with Gasteiger partial charge < -0.3 is 38.3 Å². The third-order valence-corrected chi connectivity index (χ3v) is 12.1. The predicted octanol–water partition coefficient (Wildman–Crippen LogP) is 4.45. The zero-order valence-corrected chi connectivity index (χ0v) is 32.7. The highest BCUT2D eigenvalue weighted by molar-refractivity contribution is 5.90. The second-order valence-corrected chi connectivity index (χ2v) is 15.9. The Labute approximate surface area is 324 Å². The zero-order chi connectivity index (χ0) is 41.0. The molecular formula is C42H48O14. The first-order chi connectivity index (χ1) is 26.3. The number of fused-ring (bicyclic) bond motifs is 4. The van der Waals surface area contributed by atoms with Crippen LogP contribution in [0.1, 0.15) is 88.9 Å². The minimum Gasteiger partial charge on any atom is -0.462 e. The molecule has 10 atom stereocenters. The van der Waals surface area contributed by atoms with Gasteiger partial charge in [0.05, 0.1) is 40.1 Å². The smallest absolute Gasteiger partial charge is 0.338 e. The monoisotopic (exact) mass is 776 g/mol. The van der Waals surface area contributed by atoms with Gasteiger partial charge in [0.2, 0.25) is 0 Å². The van der Waals surface area contributed by atoms with Crippen LogP contribution in [0.15, 0.2) is 71.8 Å². The number of hydrogen-bond donors (Lipinski definition) is 1. The summed E-state index contributed by atoms with van der Waals surface area (Å²) in [5, 5.41) is 12.7. The van der Waals surface area contributed by atoms with Gasteiger partial charge in [-0.25, -0.2) is 9.59 Å². The SMILES string of the molecule is CC(=O)OC1C2[C@@](C)([C@@H](OC(C)=O)C[C@H]3OC[C@@]23OC(C)=O)[C@@H](OC(=O)c2ccccc2)[C@H](OC(=O)c2ccccc2)C2=C(C)[C@@H](OC(C)=O)C[C@]21C(C)(C)O. The highest BCUT2D eigenvalue weighted by atomic mass is 16.6. The topological polar surface area (TPSA) is 187 Å². The first-order valence-electron chi connectivity index (χ1n) is 18.6. The molecule has 0 radical (unpaired) electrons. The number of esters is 6. The fraction of sp³-hybridized carbons (Fsp3) is 0.524. The van der Waals surface area contributed by atoms with Crippen LogP contribution < -0.4 is 0 Å². The van der Waals surface area contributed by atoms with Crippen LogP contribution in [0.3, 0.4) is 0 Å². The van der Waals surface area contributed by atoms with Gasteiger partial charge in [0.25, 0.3) is 0 Å². The highest BCUT2D eigenvalue weighted by Gasteiger charge is 2.81. The van der Waals surface area contributed by atoms with Crippen molar-refractivity contribution in [2.45, 2.75) is 116 Å². The van der Waals surface area contributed by atoms with Crippen LogP contribution in [0.5, 0.6) is 0 Å². The Bertz CT molecular complexity index is 1930. The maximum absolute atomic E-state index is 14.4. The average Bonchev–Trinajstić information content (AvgIpc) is 3.37. The Kier molecular flexibility index (Phi) is 10.7. The molecule has 4 aliphatic rings. The minimum absolute atomic E-state index is 0.0744. The summed E-state index contributed by atoms with van der Waals surface area (Å²) in [5.41, 5.74) is -6.37. The molecule has 2 aromatic carbocycles. The lowest BCUT2D eigenvalue weighted by Gasteiger charge is -2.65. The Morgan fingerprint density at radius 2 is 1.27 bits per heavy atom. The molecule has 2 saturated carbocycles. The number of hydrogen-bond acceptors (Lipinski definition) is 14. The maximum Gasteiger partial charge on any atom is 0.338 e. The van der Waals surface area contributed by atoms with Crippen LogP contribution in [-0.2, 0) is 52.3 Å². The van der Waals surface area contributed by atoms with E-state index in [0.717, 1.165) is 0 Å². The molecule has 56 heavy (non-hydrogen) atoms. The van der Waals surface area contributed by atoms with E-state index in [9.17, 15) is 33.9 Å². The van der Waals surface area contributed by atoms with E-state index < -0.39 is 100 Å². The molecule has 6 rings (SSSR count). The van der Waals surface area contributed by atoms with Crippen LogP contribution >= 0.6 is 0 Å². The fourth-order valence-corrected chi connectivity index (χ4v) is 9.86. The van der Waals surface area contributed by atoms with E-state index in [1.165, 1.54) is 65.8 Å². The number of rotatable bonds is 9. The largest absolute Gasteiger partial charge is 0.462 e. The molecule has 3 fully saturated rings. The molecular weight excluding hydrogens is 728 g/mol. The summed E-state index contributed by atoms with van der Waals surface area (Å²) < 4.78 is 43.8. The molecule has 0 spiro atoms. The molecule has 14 heteroatoms. The van der Waals surface area contributed by atoms with Crippen molar-refractivity contribution in [3.63, 3.8) is 0 Å². The zero-order valence-electron chi connectivity index (χ0n) is 32.7. The van der Waals surface area contributed by atoms with Crippen molar-refractivity contribution >= 4 is 35.8 Å². The molecule has 1 aliphatic heterocycles. The van der Waals surface area contributed by atoms with Gasteiger partial charge in [-0.2, -0.15) is 0 Å². The Hall–Kier alpha value is -5.08. The molecule has 1 N–H and O–H groups in total. The van der Waals surface area contributed by atoms with Crippen molar-refractivity contribution < 1.29 is 67.0 Å². The van der Waals surface area contributed by atoms with Gasteiger partial charge in [-0.3, -0.25) is 19.2 Å². The van der Waals surface area contributed by atoms with Gasteiger partial charge in [0, 0.05) is 40.5 Å². The number of aliphatic hydroxyl groups is 1. The summed E-state index contributed by atoms with van der Waals surface area (Å²) in [4.78, 5) is 81.1. The molecule has 2 aromatic rings. The van der Waals surface area contributed by atoms with Gasteiger partial charge in [-0.05, 0) is 56.2 Å². The summed E-state index contributed by atoms with van der Waals surface area (Å²) >= 11 is 0. The van der Waals surface area contributed by atoms with Crippen molar-refractivity contribution in [1.82, 2.24) is 0 Å². The van der Waals surface area contributed by atoms with Gasteiger partial charge in [-0.15, -0.1) is 0 Å². The first-order valence-corrected chi connectivity index (χ1v) is 18.6. The summed E-state index contributed by atoms with van der Waals surface area (Å²) in [7, 11) is 0. The number of carbonyl (C=O) groups is 6. The van der Waals surface area contributed by atoms with Gasteiger partial charge >= 0.3 is 35.8 Å². The average molecular weight is 777 g/mol. The van der Waals surface area contributed by atoms with Crippen molar-refractivity contribution in [1.29, 1.82) is 0 Å². The maximum atomic E-state index is 14.4. The van der Waals surface area contributed by atoms with E-state index in [-0.39, 0.29) is 36.1 Å². The fourth-order valence-electron chi connectivity index (χ4n) is 9.86. The molecule has 0 amide bonds. The first kappa shape index (κ1) is 40.6. The van der Waals surface area contributed by atoms with Crippen molar-refractivity contribution in [3.05, 3.63) is 82.9 Å². The second kappa shape index (κ2) is 14.8. The Balaban J connectivity index is 1.77. The van der Waals surface area contributed by atoms with Crippen molar-refractivity contribution in [3.8, 4) is 0 Å². The molecule has 1 saturated heterocycles. The molecule has 300 valence electrons. The molecule has 3 aliphatic carbocycles. The number of carbonyl (C=O) groups excluding carboxylic acids is 6. The van der Waals surface area contributed by atoms with Gasteiger partial charge in [0.15, 0.2) is 17.8 Å². The van der Waals surface area contributed by atoms with E-state index in [4.69, 9.17) is 33.2 Å². The molecule has 2 unspecified atom stereocenters. The molecule has 0 aromatic heterocycles. The standard InChI is InChI=1S/C42H48O14/c1-22-29(51-23(2)43)20-41(39(6,7)49)32(22)33(54-37(47)27-15-11-9-12-16-27)35(55-38(48)28-17-13-10-14-18-28)40(8)30(52-24(3)44)19-31-42(21-50-31,56-26(5)46)34(40)36(41)53-25(4)45/h9-18,29-31,33-36,49H,19-21H2,1-8H3/t29-,30-,31+,33+,34?,35-,36?,40+,41-,42-/m0/s1. The second-order valence-electron chi connectivity index (χ2n) is 15.9. The minimum atomic E-state index is -1.92. The van der Waals surface area contributed by atoms with E-state index in [1.807, 2.05) is 0 Å². The third-order valence-electron chi connectivity index (χ3n) is 12.1. The quantitative estimate of drug-likeness (QED) is 0.214. The Morgan fingerprint density at radius 3 is 1.73 bits per heavy atom. The van der Waals surface area contributed by atoms with Crippen LogP contribution in [0.4, 0.5) is 0 Å². The summed E-state index contributed by atoms with van der Waals surface area (Å²) in [6, 6.07) is 16.1. The van der Waals surface area contributed by atoms with Crippen LogP contribution in [0.2, 0.25) is 0 Å². The molecule has 1 heterocycles. The summed E-state index contributed by atoms with van der Waals surface area (Å²) in [5.74, 6) is -5.88. The summed E-state index contributed by atoms with van der Waals surface area (Å²) in [6.45, 7) is 10.8. The number of benzene rings is 2. The van der Waals surface area contributed by atoms with Gasteiger partial charge in [0.1, 0.15) is 24.4 Å². The van der Waals surface area contributed by atoms with Crippen LogP contribution in [0, 0.1) is 16.7 Å². The third kappa shape index (κ3) is 6.66. The highest BCUT2D eigenvalue weighted by Crippen LogP contribution is 2.69. The van der Waals surface area contributed by atoms with E-state index in [2.05, 4.69) is 0 Å². The normalized spacial score (nSPS) is 33.2. The summed E-state index contributed by atoms with van der Waals surface area (Å²) in [6.07, 6.45) is -8.25. The van der Waals surface area contributed by atoms with E-state index >= 15 is 0 Å². The lowest BCUT2D eigenvalue weighted by molar-refractivity contribution is -0.352. The van der Waals surface area contributed by atoms with Crippen molar-refractivity contribution in [2.75, 3.05) is 6.61 Å². The Morgan fingerprint density at radius 1 is 0.732 bits per heavy atom. The number of ether oxygens (including phenoxy) is 7. The van der Waals surface area contributed by atoms with Crippen LogP contribution in [0.25, 0.3) is 0 Å². The lowest BCUT2D eigenvalue weighted by Crippen LogP contribution is -2.79. The van der Waals surface area contributed by atoms with Crippen molar-refractivity contribution in [2.24, 2.45) is 16.7 Å². The molecule has 14 nitrogen and oxygen atoms in total. The molecule has 0 bridgehead atoms. The predicted molar refractivity (Wildman–Crippen MR) is 194 cm³/mol. The van der Waals surface area contributed by atoms with Gasteiger partial charge in [-0.1, -0.05) is 43.3 Å². The van der Waals surface area contributed by atoms with E-state index in [1.54, 1.807) is 50.2 Å². The van der Waals surface area contributed by atoms with E-state index in [0.29, 0.717) is 5.57 Å². The van der Waals surface area contributed by atoms with Crippen LogP contribution in [-0.4, -0.2) is 95.4 Å².